The molecule has 0 spiro atoms. The summed E-state index contributed by atoms with van der Waals surface area (Å²) >= 11 is 0. The van der Waals surface area contributed by atoms with E-state index in [1.807, 2.05) is 0 Å². The minimum Gasteiger partial charge on any atom is -0.317 e. The van der Waals surface area contributed by atoms with Gasteiger partial charge in [-0.1, -0.05) is 6.07 Å². The predicted octanol–water partition coefficient (Wildman–Crippen LogP) is 4.62. The van der Waals surface area contributed by atoms with E-state index in [-0.39, 0.29) is 0 Å². The number of halogens is 3. The van der Waals surface area contributed by atoms with Gasteiger partial charge in [0.1, 0.15) is 0 Å². The zero-order chi connectivity index (χ0) is 18.2. The molecule has 5 heteroatoms. The Morgan fingerprint density at radius 1 is 1.12 bits per heavy atom. The van der Waals surface area contributed by atoms with Gasteiger partial charge in [0.15, 0.2) is 0 Å². The number of likely N-dealkylation sites (tertiary alicyclic amines) is 1. The van der Waals surface area contributed by atoms with Gasteiger partial charge in [0, 0.05) is 6.54 Å². The first-order valence-electron chi connectivity index (χ1n) is 10.1. The van der Waals surface area contributed by atoms with Gasteiger partial charge in [0.2, 0.25) is 0 Å². The predicted molar refractivity (Wildman–Crippen MR) is 96.9 cm³/mol. The number of nitrogens with zero attached hydrogens (tertiary/aromatic N) is 1. The van der Waals surface area contributed by atoms with Gasteiger partial charge in [-0.15, -0.1) is 0 Å². The SMILES string of the molecule is FC(F)(F)c1ccc(CCC23CCNCCC2C3)c(CN2CCCC2)c1. The summed E-state index contributed by atoms with van der Waals surface area (Å²) in [4.78, 5) is 2.30. The highest BCUT2D eigenvalue weighted by molar-refractivity contribution is 5.34. The molecule has 144 valence electrons. The summed E-state index contributed by atoms with van der Waals surface area (Å²) in [6.45, 7) is 4.88. The molecule has 2 heterocycles. The van der Waals surface area contributed by atoms with Crippen molar-refractivity contribution >= 4 is 0 Å². The van der Waals surface area contributed by atoms with E-state index in [1.165, 1.54) is 31.4 Å². The summed E-state index contributed by atoms with van der Waals surface area (Å²) in [7, 11) is 0. The highest BCUT2D eigenvalue weighted by Gasteiger charge is 2.52. The average Bonchev–Trinajstić information content (AvgIpc) is 3.09. The third-order valence-electron chi connectivity index (χ3n) is 6.85. The van der Waals surface area contributed by atoms with Crippen molar-refractivity contribution in [3.63, 3.8) is 0 Å². The lowest BCUT2D eigenvalue weighted by Crippen LogP contribution is -2.20. The third-order valence-corrected chi connectivity index (χ3v) is 6.85. The van der Waals surface area contributed by atoms with Crippen molar-refractivity contribution in [2.45, 2.75) is 57.7 Å². The molecule has 2 atom stereocenters. The van der Waals surface area contributed by atoms with Gasteiger partial charge in [-0.05, 0) is 106 Å². The van der Waals surface area contributed by atoms with E-state index in [0.29, 0.717) is 12.0 Å². The van der Waals surface area contributed by atoms with Crippen LogP contribution >= 0.6 is 0 Å². The molecule has 3 fully saturated rings. The summed E-state index contributed by atoms with van der Waals surface area (Å²) in [5.41, 5.74) is 1.97. The van der Waals surface area contributed by atoms with Crippen LogP contribution in [0.3, 0.4) is 0 Å². The smallest absolute Gasteiger partial charge is 0.317 e. The van der Waals surface area contributed by atoms with Crippen molar-refractivity contribution in [2.24, 2.45) is 11.3 Å². The molecular weight excluding hydrogens is 337 g/mol. The minimum absolute atomic E-state index is 0.455. The Bertz CT molecular complexity index is 637. The van der Waals surface area contributed by atoms with Crippen molar-refractivity contribution < 1.29 is 13.2 Å². The maximum absolute atomic E-state index is 13.2. The normalized spacial score (nSPS) is 29.4. The molecule has 2 aliphatic heterocycles. The fraction of sp³-hybridized carbons (Fsp3) is 0.714. The van der Waals surface area contributed by atoms with Crippen LogP contribution in [0.25, 0.3) is 0 Å². The van der Waals surface area contributed by atoms with Gasteiger partial charge >= 0.3 is 6.18 Å². The summed E-state index contributed by atoms with van der Waals surface area (Å²) in [6, 6.07) is 4.43. The standard InChI is InChI=1S/C21H29F3N2/c22-21(23,24)18-4-3-16(17(13-18)15-26-11-1-2-12-26)5-7-20-8-10-25-9-6-19(20)14-20/h3-4,13,19,25H,1-2,5-12,14-15H2. The van der Waals surface area contributed by atoms with E-state index in [4.69, 9.17) is 0 Å². The molecule has 0 amide bonds. The summed E-state index contributed by atoms with van der Waals surface area (Å²) < 4.78 is 39.5. The second-order valence-corrected chi connectivity index (χ2v) is 8.52. The van der Waals surface area contributed by atoms with Gasteiger partial charge < -0.3 is 5.32 Å². The number of rotatable bonds is 5. The summed E-state index contributed by atoms with van der Waals surface area (Å²) in [6.07, 6.45) is 3.89. The minimum atomic E-state index is -4.26. The molecule has 1 saturated carbocycles. The zero-order valence-electron chi connectivity index (χ0n) is 15.4. The van der Waals surface area contributed by atoms with Crippen molar-refractivity contribution in [1.82, 2.24) is 10.2 Å². The van der Waals surface area contributed by atoms with Crippen LogP contribution in [-0.2, 0) is 19.1 Å². The Labute approximate surface area is 154 Å². The lowest BCUT2D eigenvalue weighted by Gasteiger charge is -2.21. The van der Waals surface area contributed by atoms with Crippen molar-refractivity contribution in [2.75, 3.05) is 26.2 Å². The van der Waals surface area contributed by atoms with Crippen LogP contribution < -0.4 is 5.32 Å². The number of aryl methyl sites for hydroxylation is 1. The number of alkyl halides is 3. The van der Waals surface area contributed by atoms with Crippen LogP contribution in [0.4, 0.5) is 13.2 Å². The van der Waals surface area contributed by atoms with Gasteiger partial charge in [-0.3, -0.25) is 4.90 Å². The fourth-order valence-corrected chi connectivity index (χ4v) is 5.07. The van der Waals surface area contributed by atoms with E-state index in [1.54, 1.807) is 6.07 Å². The summed E-state index contributed by atoms with van der Waals surface area (Å²) in [5, 5.41) is 3.48. The number of hydrogen-bond donors (Lipinski definition) is 1. The van der Waals surface area contributed by atoms with E-state index in [9.17, 15) is 13.2 Å². The lowest BCUT2D eigenvalue weighted by atomic mass is 9.89. The molecule has 4 rings (SSSR count). The fourth-order valence-electron chi connectivity index (χ4n) is 5.07. The van der Waals surface area contributed by atoms with Gasteiger partial charge in [-0.25, -0.2) is 0 Å². The molecule has 1 aromatic rings. The van der Waals surface area contributed by atoms with E-state index >= 15 is 0 Å². The first kappa shape index (κ1) is 18.3. The van der Waals surface area contributed by atoms with Crippen LogP contribution in [0.2, 0.25) is 0 Å². The second kappa shape index (κ2) is 7.16. The molecule has 26 heavy (non-hydrogen) atoms. The van der Waals surface area contributed by atoms with Crippen LogP contribution in [0.15, 0.2) is 18.2 Å². The monoisotopic (exact) mass is 366 g/mol. The largest absolute Gasteiger partial charge is 0.416 e. The molecule has 0 bridgehead atoms. The molecular formula is C21H29F3N2. The van der Waals surface area contributed by atoms with Crippen LogP contribution in [0.1, 0.15) is 55.2 Å². The first-order chi connectivity index (χ1) is 12.5. The molecule has 2 unspecified atom stereocenters. The Hall–Kier alpha value is -1.07. The lowest BCUT2D eigenvalue weighted by molar-refractivity contribution is -0.137. The number of nitrogens with one attached hydrogen (secondary N) is 1. The number of fused-ring (bicyclic) bond motifs is 1. The van der Waals surface area contributed by atoms with E-state index < -0.39 is 11.7 Å². The maximum atomic E-state index is 13.2. The van der Waals surface area contributed by atoms with E-state index in [0.717, 1.165) is 68.9 Å². The van der Waals surface area contributed by atoms with Crippen molar-refractivity contribution in [3.8, 4) is 0 Å². The average molecular weight is 366 g/mol. The number of benzene rings is 1. The molecule has 1 N–H and O–H groups in total. The van der Waals surface area contributed by atoms with Gasteiger partial charge in [-0.2, -0.15) is 13.2 Å². The molecule has 1 aliphatic carbocycles. The Morgan fingerprint density at radius 3 is 2.69 bits per heavy atom. The zero-order valence-corrected chi connectivity index (χ0v) is 15.4. The van der Waals surface area contributed by atoms with Crippen LogP contribution in [-0.4, -0.2) is 31.1 Å². The molecule has 2 saturated heterocycles. The summed E-state index contributed by atoms with van der Waals surface area (Å²) in [5.74, 6) is 0.828. The molecule has 3 aliphatic rings. The Balaban J connectivity index is 1.50. The molecule has 0 radical (unpaired) electrons. The van der Waals surface area contributed by atoms with Crippen LogP contribution in [0.5, 0.6) is 0 Å². The van der Waals surface area contributed by atoms with Crippen molar-refractivity contribution in [3.05, 3.63) is 34.9 Å². The third kappa shape index (κ3) is 3.94. The topological polar surface area (TPSA) is 15.3 Å². The maximum Gasteiger partial charge on any atom is 0.416 e. The molecule has 0 aromatic heterocycles. The Morgan fingerprint density at radius 2 is 1.92 bits per heavy atom. The first-order valence-corrected chi connectivity index (χ1v) is 10.1. The van der Waals surface area contributed by atoms with E-state index in [2.05, 4.69) is 10.2 Å². The second-order valence-electron chi connectivity index (χ2n) is 8.52. The molecule has 1 aromatic carbocycles. The van der Waals surface area contributed by atoms with Crippen molar-refractivity contribution in [1.29, 1.82) is 0 Å². The highest BCUT2D eigenvalue weighted by atomic mass is 19.4. The highest BCUT2D eigenvalue weighted by Crippen LogP contribution is 2.60. The molecule has 2 nitrogen and oxygen atoms in total. The Kier molecular flexibility index (Phi) is 5.04. The quantitative estimate of drug-likeness (QED) is 0.818. The van der Waals surface area contributed by atoms with Gasteiger partial charge in [0.05, 0.1) is 5.56 Å². The van der Waals surface area contributed by atoms with Gasteiger partial charge in [0.25, 0.3) is 0 Å². The van der Waals surface area contributed by atoms with Crippen LogP contribution in [0, 0.1) is 11.3 Å². The number of hydrogen-bond acceptors (Lipinski definition) is 2.